The van der Waals surface area contributed by atoms with E-state index in [0.717, 1.165) is 4.70 Å². The summed E-state index contributed by atoms with van der Waals surface area (Å²) >= 11 is 7.51. The van der Waals surface area contributed by atoms with Crippen LogP contribution in [0.5, 0.6) is 11.6 Å². The Morgan fingerprint density at radius 2 is 2.04 bits per heavy atom. The Labute approximate surface area is 156 Å². The van der Waals surface area contributed by atoms with Crippen LogP contribution in [0.4, 0.5) is 9.52 Å². The Balaban J connectivity index is 1.70. The van der Waals surface area contributed by atoms with Gasteiger partial charge in [0.1, 0.15) is 23.7 Å². The van der Waals surface area contributed by atoms with Crippen LogP contribution in [-0.2, 0) is 6.67 Å². The Hall–Kier alpha value is -2.84. The number of aromatic nitrogens is 4. The highest BCUT2D eigenvalue weighted by Gasteiger charge is 2.12. The monoisotopic (exact) mass is 387 g/mol. The van der Waals surface area contributed by atoms with Gasteiger partial charge in [0.15, 0.2) is 10.9 Å². The first-order valence-corrected chi connectivity index (χ1v) is 8.70. The van der Waals surface area contributed by atoms with Crippen molar-refractivity contribution in [1.82, 2.24) is 19.9 Å². The summed E-state index contributed by atoms with van der Waals surface area (Å²) in [7, 11) is 0. The summed E-state index contributed by atoms with van der Waals surface area (Å²) in [4.78, 5) is 16.6. The van der Waals surface area contributed by atoms with E-state index < -0.39 is 6.67 Å². The van der Waals surface area contributed by atoms with Gasteiger partial charge in [-0.2, -0.15) is 0 Å². The molecule has 6 nitrogen and oxygen atoms in total. The van der Waals surface area contributed by atoms with Gasteiger partial charge in [0.05, 0.1) is 16.1 Å². The van der Waals surface area contributed by atoms with Crippen LogP contribution >= 0.6 is 22.9 Å². The van der Waals surface area contributed by atoms with Crippen molar-refractivity contribution < 1.29 is 9.13 Å². The minimum Gasteiger partial charge on any atom is -0.437 e. The number of nitrogens with zero attached hydrogens (tertiary/aromatic N) is 4. The third kappa shape index (κ3) is 3.16. The van der Waals surface area contributed by atoms with E-state index >= 15 is 0 Å². The Morgan fingerprint density at radius 3 is 2.85 bits per heavy atom. The number of pyridine rings is 1. The number of rotatable bonds is 4. The number of thiazole rings is 1. The fourth-order valence-electron chi connectivity index (χ4n) is 2.42. The maximum Gasteiger partial charge on any atom is 0.222 e. The second kappa shape index (κ2) is 6.81. The quantitative estimate of drug-likeness (QED) is 0.513. The SMILES string of the molecule is Nc1nc2c(Oc3cc(-c4ccc(CF)nc4Cl)ncn3)cccc2s1. The molecule has 0 spiro atoms. The van der Waals surface area contributed by atoms with Crippen LogP contribution in [0.2, 0.25) is 5.15 Å². The largest absolute Gasteiger partial charge is 0.437 e. The molecule has 0 amide bonds. The molecule has 3 heterocycles. The summed E-state index contributed by atoms with van der Waals surface area (Å²) in [6, 6.07) is 10.4. The van der Waals surface area contributed by atoms with E-state index in [1.807, 2.05) is 12.1 Å². The zero-order chi connectivity index (χ0) is 18.1. The molecule has 4 aromatic rings. The average Bonchev–Trinajstić information content (AvgIpc) is 3.03. The second-order valence-corrected chi connectivity index (χ2v) is 6.69. The summed E-state index contributed by atoms with van der Waals surface area (Å²) in [6.07, 6.45) is 1.36. The molecule has 0 saturated carbocycles. The van der Waals surface area contributed by atoms with Crippen LogP contribution in [-0.4, -0.2) is 19.9 Å². The molecule has 3 aromatic heterocycles. The first-order valence-electron chi connectivity index (χ1n) is 7.51. The van der Waals surface area contributed by atoms with Gasteiger partial charge in [-0.25, -0.2) is 24.3 Å². The molecule has 0 aliphatic heterocycles. The van der Waals surface area contributed by atoms with Gasteiger partial charge in [-0.15, -0.1) is 0 Å². The predicted molar refractivity (Wildman–Crippen MR) is 99.2 cm³/mol. The number of alkyl halides is 1. The van der Waals surface area contributed by atoms with Gasteiger partial charge >= 0.3 is 0 Å². The molecule has 4 rings (SSSR count). The van der Waals surface area contributed by atoms with Crippen molar-refractivity contribution in [2.45, 2.75) is 6.67 Å². The van der Waals surface area contributed by atoms with Crippen molar-refractivity contribution >= 4 is 38.3 Å². The van der Waals surface area contributed by atoms with Crippen molar-refractivity contribution in [2.24, 2.45) is 0 Å². The molecule has 0 saturated heterocycles. The van der Waals surface area contributed by atoms with Crippen LogP contribution < -0.4 is 10.5 Å². The number of nitrogen functional groups attached to an aromatic ring is 1. The number of fused-ring (bicyclic) bond motifs is 1. The maximum atomic E-state index is 12.7. The molecular formula is C17H11ClFN5OS. The number of benzene rings is 1. The van der Waals surface area contributed by atoms with Crippen LogP contribution in [0.15, 0.2) is 42.7 Å². The molecule has 130 valence electrons. The van der Waals surface area contributed by atoms with Crippen molar-refractivity contribution in [3.8, 4) is 22.9 Å². The Bertz CT molecular complexity index is 1100. The lowest BCUT2D eigenvalue weighted by Crippen LogP contribution is -1.94. The molecule has 0 radical (unpaired) electrons. The Kier molecular flexibility index (Phi) is 4.36. The van der Waals surface area contributed by atoms with Crippen LogP contribution in [0.25, 0.3) is 21.5 Å². The van der Waals surface area contributed by atoms with E-state index in [9.17, 15) is 4.39 Å². The molecule has 0 fully saturated rings. The number of halogens is 2. The predicted octanol–water partition coefficient (Wildman–Crippen LogP) is 4.65. The van der Waals surface area contributed by atoms with Gasteiger partial charge < -0.3 is 10.5 Å². The van der Waals surface area contributed by atoms with Gasteiger partial charge in [-0.05, 0) is 24.3 Å². The van der Waals surface area contributed by atoms with Gasteiger partial charge in [-0.3, -0.25) is 0 Å². The number of nitrogens with two attached hydrogens (primary N) is 1. The smallest absolute Gasteiger partial charge is 0.222 e. The third-order valence-electron chi connectivity index (χ3n) is 3.57. The number of hydrogen-bond acceptors (Lipinski definition) is 7. The number of ether oxygens (including phenoxy) is 1. The minimum absolute atomic E-state index is 0.166. The van der Waals surface area contributed by atoms with Crippen molar-refractivity contribution in [2.75, 3.05) is 5.73 Å². The summed E-state index contributed by atoms with van der Waals surface area (Å²) in [6.45, 7) is -0.682. The minimum atomic E-state index is -0.682. The summed E-state index contributed by atoms with van der Waals surface area (Å²) in [5, 5.41) is 0.629. The first-order chi connectivity index (χ1) is 12.6. The van der Waals surface area contributed by atoms with Gasteiger partial charge in [0.25, 0.3) is 0 Å². The fraction of sp³-hybridized carbons (Fsp3) is 0.0588. The Morgan fingerprint density at radius 1 is 1.15 bits per heavy atom. The zero-order valence-corrected chi connectivity index (χ0v) is 14.8. The highest BCUT2D eigenvalue weighted by Crippen LogP contribution is 2.34. The zero-order valence-electron chi connectivity index (χ0n) is 13.2. The lowest BCUT2D eigenvalue weighted by Gasteiger charge is -2.08. The van der Waals surface area contributed by atoms with Gasteiger partial charge in [0, 0.05) is 11.6 Å². The number of anilines is 1. The summed E-state index contributed by atoms with van der Waals surface area (Å²) in [5.74, 6) is 0.858. The first kappa shape index (κ1) is 16.6. The van der Waals surface area contributed by atoms with Crippen LogP contribution in [0.3, 0.4) is 0 Å². The van der Waals surface area contributed by atoms with Crippen molar-refractivity contribution in [3.05, 3.63) is 53.6 Å². The standard InChI is InChI=1S/C17H11ClFN5OS/c18-16-10(5-4-9(7-19)23-16)11-6-14(22-8-21-11)25-12-2-1-3-13-15(12)24-17(20)26-13/h1-6,8H,7H2,(H2,20,24). The molecule has 0 bridgehead atoms. The van der Waals surface area contributed by atoms with E-state index in [4.69, 9.17) is 22.1 Å². The van der Waals surface area contributed by atoms with E-state index in [2.05, 4.69) is 19.9 Å². The average molecular weight is 388 g/mol. The van der Waals surface area contributed by atoms with Gasteiger partial charge in [0.2, 0.25) is 5.88 Å². The second-order valence-electron chi connectivity index (χ2n) is 5.27. The lowest BCUT2D eigenvalue weighted by molar-refractivity contribution is 0.466. The van der Waals surface area contributed by atoms with Crippen LogP contribution in [0, 0.1) is 0 Å². The molecule has 1 aromatic carbocycles. The molecule has 0 atom stereocenters. The van der Waals surface area contributed by atoms with E-state index in [-0.39, 0.29) is 10.8 Å². The van der Waals surface area contributed by atoms with Gasteiger partial charge in [-0.1, -0.05) is 29.0 Å². The molecule has 2 N–H and O–H groups in total. The molecule has 26 heavy (non-hydrogen) atoms. The highest BCUT2D eigenvalue weighted by molar-refractivity contribution is 7.22. The lowest BCUT2D eigenvalue weighted by atomic mass is 10.2. The molecule has 9 heteroatoms. The molecule has 0 aliphatic carbocycles. The van der Waals surface area contributed by atoms with Crippen LogP contribution in [0.1, 0.15) is 5.69 Å². The highest BCUT2D eigenvalue weighted by atomic mass is 35.5. The summed E-state index contributed by atoms with van der Waals surface area (Å²) < 4.78 is 19.5. The van der Waals surface area contributed by atoms with E-state index in [1.165, 1.54) is 17.7 Å². The number of hydrogen-bond donors (Lipinski definition) is 1. The fourth-order valence-corrected chi connectivity index (χ4v) is 3.44. The molecule has 0 aliphatic rings. The number of para-hydroxylation sites is 1. The van der Waals surface area contributed by atoms with Crippen molar-refractivity contribution in [1.29, 1.82) is 0 Å². The normalized spacial score (nSPS) is 11.0. The van der Waals surface area contributed by atoms with Crippen molar-refractivity contribution in [3.63, 3.8) is 0 Å². The third-order valence-corrected chi connectivity index (χ3v) is 4.71. The summed E-state index contributed by atoms with van der Waals surface area (Å²) in [5.41, 5.74) is 7.78. The van der Waals surface area contributed by atoms with E-state index in [0.29, 0.717) is 33.5 Å². The van der Waals surface area contributed by atoms with E-state index in [1.54, 1.807) is 24.3 Å². The molecule has 0 unspecified atom stereocenters. The topological polar surface area (TPSA) is 86.8 Å². The maximum absolute atomic E-state index is 12.7. The molecular weight excluding hydrogens is 377 g/mol.